The van der Waals surface area contributed by atoms with E-state index < -0.39 is 10.0 Å². The molecule has 19 heavy (non-hydrogen) atoms. The van der Waals surface area contributed by atoms with Crippen LogP contribution in [0.4, 0.5) is 0 Å². The third-order valence-electron chi connectivity index (χ3n) is 2.65. The lowest BCUT2D eigenvalue weighted by Crippen LogP contribution is -2.29. The standard InChI is InChI=1S/C14H22N2O2S/c1-3-11-16(12-7-10-15-19(2,17)18)13-14-8-5-4-6-9-14/h3-6,8-9,15H,1,7,10-13H2,2H3. The van der Waals surface area contributed by atoms with Crippen LogP contribution in [-0.2, 0) is 16.6 Å². The van der Waals surface area contributed by atoms with Gasteiger partial charge in [-0.05, 0) is 12.0 Å². The van der Waals surface area contributed by atoms with E-state index in [1.807, 2.05) is 24.3 Å². The predicted molar refractivity (Wildman–Crippen MR) is 79.4 cm³/mol. The molecule has 0 spiro atoms. The van der Waals surface area contributed by atoms with Gasteiger partial charge >= 0.3 is 0 Å². The first-order chi connectivity index (χ1) is 9.01. The third kappa shape index (κ3) is 7.77. The molecule has 5 heteroatoms. The largest absolute Gasteiger partial charge is 0.295 e. The van der Waals surface area contributed by atoms with Crippen molar-refractivity contribution in [3.05, 3.63) is 48.6 Å². The van der Waals surface area contributed by atoms with Crippen molar-refractivity contribution in [3.63, 3.8) is 0 Å². The molecule has 0 fully saturated rings. The van der Waals surface area contributed by atoms with Crippen LogP contribution in [0.3, 0.4) is 0 Å². The van der Waals surface area contributed by atoms with Gasteiger partial charge in [0, 0.05) is 26.2 Å². The second kappa shape index (κ2) is 8.09. The molecule has 0 aliphatic carbocycles. The highest BCUT2D eigenvalue weighted by Crippen LogP contribution is 2.04. The quantitative estimate of drug-likeness (QED) is 0.553. The molecule has 0 unspecified atom stereocenters. The summed E-state index contributed by atoms with van der Waals surface area (Å²) in [6.07, 6.45) is 3.83. The number of nitrogens with zero attached hydrogens (tertiary/aromatic N) is 1. The van der Waals surface area contributed by atoms with Crippen LogP contribution in [0.15, 0.2) is 43.0 Å². The van der Waals surface area contributed by atoms with E-state index in [4.69, 9.17) is 0 Å². The van der Waals surface area contributed by atoms with Gasteiger partial charge in [0.25, 0.3) is 0 Å². The molecule has 0 saturated heterocycles. The molecule has 0 bridgehead atoms. The lowest BCUT2D eigenvalue weighted by atomic mass is 10.2. The fraction of sp³-hybridized carbons (Fsp3) is 0.429. The molecule has 0 radical (unpaired) electrons. The van der Waals surface area contributed by atoms with Gasteiger partial charge in [-0.3, -0.25) is 4.90 Å². The first kappa shape index (κ1) is 15.9. The van der Waals surface area contributed by atoms with Crippen molar-refractivity contribution >= 4 is 10.0 Å². The number of hydrogen-bond donors (Lipinski definition) is 1. The number of nitrogens with one attached hydrogen (secondary N) is 1. The Hall–Kier alpha value is -1.17. The SMILES string of the molecule is C=CCN(CCCNS(C)(=O)=O)Cc1ccccc1. The fourth-order valence-corrected chi connectivity index (χ4v) is 2.33. The molecule has 4 nitrogen and oxygen atoms in total. The average molecular weight is 282 g/mol. The van der Waals surface area contributed by atoms with Gasteiger partial charge in [-0.2, -0.15) is 0 Å². The number of hydrogen-bond acceptors (Lipinski definition) is 3. The van der Waals surface area contributed by atoms with Crippen LogP contribution in [0.5, 0.6) is 0 Å². The molecule has 0 amide bonds. The first-order valence-electron chi connectivity index (χ1n) is 6.33. The third-order valence-corrected chi connectivity index (χ3v) is 3.38. The zero-order chi connectivity index (χ0) is 14.1. The van der Waals surface area contributed by atoms with Crippen LogP contribution in [0.2, 0.25) is 0 Å². The van der Waals surface area contributed by atoms with E-state index in [0.29, 0.717) is 6.54 Å². The molecule has 0 heterocycles. The molecule has 0 aliphatic heterocycles. The van der Waals surface area contributed by atoms with Crippen molar-refractivity contribution in [1.82, 2.24) is 9.62 Å². The highest BCUT2D eigenvalue weighted by atomic mass is 32.2. The van der Waals surface area contributed by atoms with E-state index >= 15 is 0 Å². The predicted octanol–water partition coefficient (Wildman–Crippen LogP) is 1.61. The monoisotopic (exact) mass is 282 g/mol. The molecule has 1 aromatic rings. The Bertz CT molecular complexity index is 471. The zero-order valence-electron chi connectivity index (χ0n) is 11.4. The van der Waals surface area contributed by atoms with E-state index in [2.05, 4.69) is 28.3 Å². The molecular formula is C14H22N2O2S. The summed E-state index contributed by atoms with van der Waals surface area (Å²) in [5.74, 6) is 0. The van der Waals surface area contributed by atoms with Crippen LogP contribution >= 0.6 is 0 Å². The lowest BCUT2D eigenvalue weighted by Gasteiger charge is -2.20. The van der Waals surface area contributed by atoms with E-state index in [1.165, 1.54) is 11.8 Å². The lowest BCUT2D eigenvalue weighted by molar-refractivity contribution is 0.291. The summed E-state index contributed by atoms with van der Waals surface area (Å²) in [5, 5.41) is 0. The maximum absolute atomic E-state index is 11.0. The molecule has 1 rings (SSSR count). The van der Waals surface area contributed by atoms with Gasteiger partial charge in [0.2, 0.25) is 10.0 Å². The van der Waals surface area contributed by atoms with Crippen molar-refractivity contribution in [2.24, 2.45) is 0 Å². The van der Waals surface area contributed by atoms with Crippen molar-refractivity contribution in [3.8, 4) is 0 Å². The summed E-state index contributed by atoms with van der Waals surface area (Å²) in [4.78, 5) is 2.24. The minimum atomic E-state index is -3.08. The van der Waals surface area contributed by atoms with Crippen LogP contribution in [0.25, 0.3) is 0 Å². The Morgan fingerprint density at radius 3 is 2.58 bits per heavy atom. The molecule has 106 valence electrons. The smallest absolute Gasteiger partial charge is 0.208 e. The molecule has 0 aromatic heterocycles. The topological polar surface area (TPSA) is 49.4 Å². The Morgan fingerprint density at radius 1 is 1.32 bits per heavy atom. The van der Waals surface area contributed by atoms with Crippen molar-refractivity contribution in [1.29, 1.82) is 0 Å². The van der Waals surface area contributed by atoms with Gasteiger partial charge in [-0.1, -0.05) is 36.4 Å². The Labute approximate surface area is 116 Å². The van der Waals surface area contributed by atoms with E-state index in [1.54, 1.807) is 0 Å². The number of rotatable bonds is 9. The van der Waals surface area contributed by atoms with Gasteiger partial charge in [0.1, 0.15) is 0 Å². The molecule has 1 N–H and O–H groups in total. The maximum Gasteiger partial charge on any atom is 0.208 e. The summed E-state index contributed by atoms with van der Waals surface area (Å²) in [6, 6.07) is 10.2. The Balaban J connectivity index is 2.38. The molecular weight excluding hydrogens is 260 g/mol. The van der Waals surface area contributed by atoms with Gasteiger partial charge in [-0.15, -0.1) is 6.58 Å². The van der Waals surface area contributed by atoms with Crippen LogP contribution in [-0.4, -0.2) is 39.2 Å². The highest BCUT2D eigenvalue weighted by Gasteiger charge is 2.05. The molecule has 0 atom stereocenters. The summed E-state index contributed by atoms with van der Waals surface area (Å²) in [5.41, 5.74) is 1.25. The Morgan fingerprint density at radius 2 is 2.00 bits per heavy atom. The van der Waals surface area contributed by atoms with E-state index in [0.717, 1.165) is 26.1 Å². The molecule has 0 saturated carbocycles. The van der Waals surface area contributed by atoms with Crippen molar-refractivity contribution in [2.75, 3.05) is 25.9 Å². The maximum atomic E-state index is 11.0. The summed E-state index contributed by atoms with van der Waals surface area (Å²) >= 11 is 0. The Kier molecular flexibility index (Phi) is 6.77. The fourth-order valence-electron chi connectivity index (χ4n) is 1.82. The minimum absolute atomic E-state index is 0.473. The minimum Gasteiger partial charge on any atom is -0.295 e. The van der Waals surface area contributed by atoms with Crippen LogP contribution < -0.4 is 4.72 Å². The van der Waals surface area contributed by atoms with Gasteiger partial charge in [-0.25, -0.2) is 13.1 Å². The second-order valence-corrected chi connectivity index (χ2v) is 6.36. The van der Waals surface area contributed by atoms with Crippen LogP contribution in [0, 0.1) is 0 Å². The first-order valence-corrected chi connectivity index (χ1v) is 8.22. The average Bonchev–Trinajstić information content (AvgIpc) is 2.35. The second-order valence-electron chi connectivity index (χ2n) is 4.53. The summed E-state index contributed by atoms with van der Waals surface area (Å²) in [6.45, 7) is 6.72. The van der Waals surface area contributed by atoms with Gasteiger partial charge in [0.05, 0.1) is 6.26 Å². The molecule has 1 aromatic carbocycles. The van der Waals surface area contributed by atoms with E-state index in [9.17, 15) is 8.42 Å². The number of benzene rings is 1. The van der Waals surface area contributed by atoms with Gasteiger partial charge < -0.3 is 0 Å². The molecule has 0 aliphatic rings. The van der Waals surface area contributed by atoms with Crippen LogP contribution in [0.1, 0.15) is 12.0 Å². The van der Waals surface area contributed by atoms with Crippen molar-refractivity contribution in [2.45, 2.75) is 13.0 Å². The van der Waals surface area contributed by atoms with E-state index in [-0.39, 0.29) is 0 Å². The highest BCUT2D eigenvalue weighted by molar-refractivity contribution is 7.88. The summed E-state index contributed by atoms with van der Waals surface area (Å²) < 4.78 is 24.4. The van der Waals surface area contributed by atoms with Gasteiger partial charge in [0.15, 0.2) is 0 Å². The number of sulfonamides is 1. The summed E-state index contributed by atoms with van der Waals surface area (Å²) in [7, 11) is -3.08. The zero-order valence-corrected chi connectivity index (χ0v) is 12.2. The normalized spacial score (nSPS) is 11.7. The van der Waals surface area contributed by atoms with Crippen molar-refractivity contribution < 1.29 is 8.42 Å².